The first-order valence-corrected chi connectivity index (χ1v) is 7.21. The zero-order valence-corrected chi connectivity index (χ0v) is 12.5. The molecule has 6 heteroatoms. The van der Waals surface area contributed by atoms with Crippen LogP contribution in [0, 0.1) is 10.1 Å². The number of halogens is 1. The molecule has 0 saturated heterocycles. The Morgan fingerprint density at radius 3 is 2.89 bits per heavy atom. The molecule has 5 nitrogen and oxygen atoms in total. The van der Waals surface area contributed by atoms with E-state index in [2.05, 4.69) is 33.2 Å². The van der Waals surface area contributed by atoms with E-state index in [1.54, 1.807) is 12.1 Å². The van der Waals surface area contributed by atoms with E-state index < -0.39 is 0 Å². The van der Waals surface area contributed by atoms with Gasteiger partial charge in [0.15, 0.2) is 0 Å². The molecular formula is C13H18BrN3O2. The number of rotatable bonds is 7. The van der Waals surface area contributed by atoms with Crippen molar-refractivity contribution in [3.05, 3.63) is 38.3 Å². The lowest BCUT2D eigenvalue weighted by atomic mass is 10.2. The summed E-state index contributed by atoms with van der Waals surface area (Å²) in [6.45, 7) is 2.36. The Bertz CT molecular complexity index is 463. The van der Waals surface area contributed by atoms with Gasteiger partial charge in [-0.05, 0) is 32.0 Å². The van der Waals surface area contributed by atoms with Crippen molar-refractivity contribution in [3.63, 3.8) is 0 Å². The van der Waals surface area contributed by atoms with Crippen LogP contribution >= 0.6 is 15.9 Å². The fourth-order valence-electron chi connectivity index (χ4n) is 2.03. The number of hydrogen-bond donors (Lipinski definition) is 1. The predicted molar refractivity (Wildman–Crippen MR) is 78.2 cm³/mol. The zero-order chi connectivity index (χ0) is 13.8. The SMILES string of the molecule is CN(CCNCc1ccc(Br)cc1[N+](=O)[O-])C1CC1. The average Bonchev–Trinajstić information content (AvgIpc) is 3.19. The molecule has 0 atom stereocenters. The third-order valence-corrected chi connectivity index (χ3v) is 3.86. The lowest BCUT2D eigenvalue weighted by Crippen LogP contribution is -2.30. The first-order chi connectivity index (χ1) is 9.08. The summed E-state index contributed by atoms with van der Waals surface area (Å²) >= 11 is 3.26. The fourth-order valence-corrected chi connectivity index (χ4v) is 2.38. The van der Waals surface area contributed by atoms with Crippen LogP contribution in [-0.4, -0.2) is 36.0 Å². The van der Waals surface area contributed by atoms with Gasteiger partial charge >= 0.3 is 0 Å². The molecule has 0 unspecified atom stereocenters. The minimum atomic E-state index is -0.335. The topological polar surface area (TPSA) is 58.4 Å². The van der Waals surface area contributed by atoms with Crippen molar-refractivity contribution in [2.75, 3.05) is 20.1 Å². The molecule has 1 aromatic carbocycles. The molecule has 0 radical (unpaired) electrons. The molecule has 0 heterocycles. The zero-order valence-electron chi connectivity index (χ0n) is 10.9. The Labute approximate surface area is 121 Å². The lowest BCUT2D eigenvalue weighted by molar-refractivity contribution is -0.385. The summed E-state index contributed by atoms with van der Waals surface area (Å²) in [4.78, 5) is 13.0. The second-order valence-corrected chi connectivity index (χ2v) is 5.83. The van der Waals surface area contributed by atoms with Crippen molar-refractivity contribution < 1.29 is 4.92 Å². The molecule has 19 heavy (non-hydrogen) atoms. The summed E-state index contributed by atoms with van der Waals surface area (Å²) < 4.78 is 0.733. The van der Waals surface area contributed by atoms with Crippen LogP contribution < -0.4 is 5.32 Å². The van der Waals surface area contributed by atoms with Gasteiger partial charge in [-0.3, -0.25) is 10.1 Å². The van der Waals surface area contributed by atoms with Crippen LogP contribution in [0.15, 0.2) is 22.7 Å². The van der Waals surface area contributed by atoms with Gasteiger partial charge in [0.1, 0.15) is 0 Å². The normalized spacial score (nSPS) is 14.9. The van der Waals surface area contributed by atoms with E-state index in [0.29, 0.717) is 6.54 Å². The van der Waals surface area contributed by atoms with Gasteiger partial charge in [0, 0.05) is 41.8 Å². The van der Waals surface area contributed by atoms with E-state index in [-0.39, 0.29) is 10.6 Å². The van der Waals surface area contributed by atoms with Crippen molar-refractivity contribution >= 4 is 21.6 Å². The van der Waals surface area contributed by atoms with Crippen molar-refractivity contribution in [2.24, 2.45) is 0 Å². The monoisotopic (exact) mass is 327 g/mol. The number of likely N-dealkylation sites (N-methyl/N-ethyl adjacent to an activating group) is 1. The maximum Gasteiger partial charge on any atom is 0.275 e. The smallest absolute Gasteiger partial charge is 0.275 e. The largest absolute Gasteiger partial charge is 0.311 e. The van der Waals surface area contributed by atoms with Gasteiger partial charge in [-0.25, -0.2) is 0 Å². The highest BCUT2D eigenvalue weighted by Gasteiger charge is 2.25. The van der Waals surface area contributed by atoms with Crippen LogP contribution in [0.5, 0.6) is 0 Å². The van der Waals surface area contributed by atoms with Gasteiger partial charge in [0.2, 0.25) is 0 Å². The van der Waals surface area contributed by atoms with Gasteiger partial charge in [-0.2, -0.15) is 0 Å². The lowest BCUT2D eigenvalue weighted by Gasteiger charge is -2.15. The Balaban J connectivity index is 1.83. The summed E-state index contributed by atoms with van der Waals surface area (Å²) in [6, 6.07) is 5.93. The molecule has 0 spiro atoms. The molecule has 1 aromatic rings. The van der Waals surface area contributed by atoms with E-state index in [0.717, 1.165) is 29.2 Å². The summed E-state index contributed by atoms with van der Waals surface area (Å²) in [6.07, 6.45) is 2.60. The molecule has 2 rings (SSSR count). The molecule has 1 fully saturated rings. The second-order valence-electron chi connectivity index (χ2n) is 4.92. The van der Waals surface area contributed by atoms with Crippen LogP contribution in [0.25, 0.3) is 0 Å². The first kappa shape index (κ1) is 14.4. The van der Waals surface area contributed by atoms with Crippen molar-refractivity contribution in [2.45, 2.75) is 25.4 Å². The maximum atomic E-state index is 11.0. The first-order valence-electron chi connectivity index (χ1n) is 6.41. The summed E-state index contributed by atoms with van der Waals surface area (Å²) in [5, 5.41) is 14.2. The summed E-state index contributed by atoms with van der Waals surface area (Å²) in [5.41, 5.74) is 0.889. The quantitative estimate of drug-likeness (QED) is 0.475. The molecule has 104 valence electrons. The maximum absolute atomic E-state index is 11.0. The van der Waals surface area contributed by atoms with Gasteiger partial charge < -0.3 is 10.2 Å². The Hall–Kier alpha value is -0.980. The van der Waals surface area contributed by atoms with Crippen LogP contribution in [0.1, 0.15) is 18.4 Å². The fraction of sp³-hybridized carbons (Fsp3) is 0.538. The van der Waals surface area contributed by atoms with Gasteiger partial charge in [0.05, 0.1) is 4.92 Å². The third-order valence-electron chi connectivity index (χ3n) is 3.37. The molecule has 1 aliphatic carbocycles. The highest BCUT2D eigenvalue weighted by molar-refractivity contribution is 9.10. The minimum Gasteiger partial charge on any atom is -0.311 e. The van der Waals surface area contributed by atoms with Crippen molar-refractivity contribution in [1.29, 1.82) is 0 Å². The van der Waals surface area contributed by atoms with Crippen LogP contribution in [-0.2, 0) is 6.54 Å². The predicted octanol–water partition coefficient (Wildman–Crippen LogP) is 2.54. The number of nitrogens with one attached hydrogen (secondary N) is 1. The van der Waals surface area contributed by atoms with Gasteiger partial charge in [0.25, 0.3) is 5.69 Å². The van der Waals surface area contributed by atoms with E-state index in [9.17, 15) is 10.1 Å². The molecular weight excluding hydrogens is 310 g/mol. The molecule has 0 amide bonds. The molecule has 0 bridgehead atoms. The molecule has 1 N–H and O–H groups in total. The average molecular weight is 328 g/mol. The highest BCUT2D eigenvalue weighted by atomic mass is 79.9. The Morgan fingerprint density at radius 2 is 2.26 bits per heavy atom. The van der Waals surface area contributed by atoms with Crippen LogP contribution in [0.4, 0.5) is 5.69 Å². The number of nitrogens with zero attached hydrogens (tertiary/aromatic N) is 2. The molecule has 0 aromatic heterocycles. The van der Waals surface area contributed by atoms with Crippen molar-refractivity contribution in [3.8, 4) is 0 Å². The third kappa shape index (κ3) is 4.26. The van der Waals surface area contributed by atoms with E-state index in [4.69, 9.17) is 0 Å². The number of hydrogen-bond acceptors (Lipinski definition) is 4. The summed E-state index contributed by atoms with van der Waals surface area (Å²) in [5.74, 6) is 0. The highest BCUT2D eigenvalue weighted by Crippen LogP contribution is 2.25. The van der Waals surface area contributed by atoms with Gasteiger partial charge in [-0.1, -0.05) is 15.9 Å². The Morgan fingerprint density at radius 1 is 1.53 bits per heavy atom. The standard InChI is InChI=1S/C13H18BrN3O2/c1-16(12-4-5-12)7-6-15-9-10-2-3-11(14)8-13(10)17(18)19/h2-3,8,12,15H,4-7,9H2,1H3. The number of nitro benzene ring substituents is 1. The minimum absolute atomic E-state index is 0.164. The summed E-state index contributed by atoms with van der Waals surface area (Å²) in [7, 11) is 2.13. The molecule has 1 aliphatic rings. The molecule has 1 saturated carbocycles. The number of nitro groups is 1. The van der Waals surface area contributed by atoms with E-state index in [1.807, 2.05) is 6.07 Å². The van der Waals surface area contributed by atoms with Gasteiger partial charge in [-0.15, -0.1) is 0 Å². The van der Waals surface area contributed by atoms with Crippen LogP contribution in [0.3, 0.4) is 0 Å². The van der Waals surface area contributed by atoms with E-state index in [1.165, 1.54) is 12.8 Å². The van der Waals surface area contributed by atoms with Crippen molar-refractivity contribution in [1.82, 2.24) is 10.2 Å². The van der Waals surface area contributed by atoms with Crippen LogP contribution in [0.2, 0.25) is 0 Å². The van der Waals surface area contributed by atoms with E-state index >= 15 is 0 Å². The Kier molecular flexibility index (Phi) is 4.90. The molecule has 0 aliphatic heterocycles. The number of benzene rings is 1. The second kappa shape index (κ2) is 6.45.